The van der Waals surface area contributed by atoms with Gasteiger partial charge >= 0.3 is 23.5 Å². The molecule has 2 aromatic heterocycles. The van der Waals surface area contributed by atoms with Crippen LogP contribution in [-0.2, 0) is 45.9 Å². The van der Waals surface area contributed by atoms with Crippen molar-refractivity contribution in [3.63, 3.8) is 0 Å². The fraction of sp³-hybridized carbons (Fsp3) is 0.720. The van der Waals surface area contributed by atoms with E-state index in [0.29, 0.717) is 6.54 Å². The molecular weight excluding hydrogens is 779 g/mol. The molecule has 10 N–H and O–H groups in total. The number of aliphatic hydroxyl groups is 2. The SMILES string of the molecule is CCCCSCCNC(=O)CCNC(=O)C(O)C(C)(C)COP(=O)(O)OP(=O)(O)OC[C@H]1O[C@@H](n2cnc3c(N)ncnc32)[C@H](O)[C@@H]1OP(=O)(O)O. The van der Waals surface area contributed by atoms with Crippen LogP contribution in [0.2, 0.25) is 0 Å². The summed E-state index contributed by atoms with van der Waals surface area (Å²) in [6, 6.07) is 0. The Morgan fingerprint density at radius 3 is 2.44 bits per heavy atom. The molecule has 3 heterocycles. The van der Waals surface area contributed by atoms with Crippen LogP contribution in [0, 0.1) is 5.41 Å². The maximum absolute atomic E-state index is 12.6. The van der Waals surface area contributed by atoms with Crippen molar-refractivity contribution in [3.8, 4) is 0 Å². The van der Waals surface area contributed by atoms with Gasteiger partial charge in [0.15, 0.2) is 17.7 Å². The van der Waals surface area contributed by atoms with Gasteiger partial charge in [-0.05, 0) is 12.2 Å². The zero-order valence-electron chi connectivity index (χ0n) is 28.3. The Morgan fingerprint density at radius 2 is 1.77 bits per heavy atom. The Kier molecular flexibility index (Phi) is 16.2. The van der Waals surface area contributed by atoms with E-state index >= 15 is 0 Å². The molecule has 1 saturated heterocycles. The van der Waals surface area contributed by atoms with E-state index in [4.69, 9.17) is 19.5 Å². The number of carbonyl (C=O) groups excluding carboxylic acids is 2. The van der Waals surface area contributed by atoms with Gasteiger partial charge in [-0.3, -0.25) is 27.7 Å². The number of phosphoric acid groups is 3. The van der Waals surface area contributed by atoms with Crippen molar-refractivity contribution in [1.82, 2.24) is 30.2 Å². The van der Waals surface area contributed by atoms with Crippen LogP contribution in [-0.4, -0.2) is 123 Å². The lowest BCUT2D eigenvalue weighted by Crippen LogP contribution is -2.46. The monoisotopic (exact) mass is 823 g/mol. The molecule has 3 rings (SSSR count). The highest BCUT2D eigenvalue weighted by molar-refractivity contribution is 7.99. The van der Waals surface area contributed by atoms with Crippen LogP contribution < -0.4 is 16.4 Å². The quantitative estimate of drug-likeness (QED) is 0.0554. The number of carbonyl (C=O) groups is 2. The van der Waals surface area contributed by atoms with Crippen LogP contribution >= 0.6 is 35.2 Å². The molecule has 52 heavy (non-hydrogen) atoms. The summed E-state index contributed by atoms with van der Waals surface area (Å²) < 4.78 is 62.0. The molecule has 7 atom stereocenters. The number of nitrogens with two attached hydrogens (primary N) is 1. The van der Waals surface area contributed by atoms with Gasteiger partial charge in [0.05, 0.1) is 19.5 Å². The first-order chi connectivity index (χ1) is 24.2. The van der Waals surface area contributed by atoms with Crippen molar-refractivity contribution < 1.29 is 75.7 Å². The van der Waals surface area contributed by atoms with Gasteiger partial charge in [0, 0.05) is 30.7 Å². The number of anilines is 1. The number of hydrogen-bond acceptors (Lipinski definition) is 17. The zero-order valence-corrected chi connectivity index (χ0v) is 31.8. The number of thioether (sulfide) groups is 1. The second-order valence-electron chi connectivity index (χ2n) is 12.0. The first-order valence-electron chi connectivity index (χ1n) is 15.6. The van der Waals surface area contributed by atoms with E-state index in [2.05, 4.69) is 41.3 Å². The van der Waals surface area contributed by atoms with Gasteiger partial charge in [0.1, 0.15) is 36.3 Å². The summed E-state index contributed by atoms with van der Waals surface area (Å²) in [5, 5.41) is 26.5. The lowest BCUT2D eigenvalue weighted by Gasteiger charge is -2.30. The molecule has 23 nitrogen and oxygen atoms in total. The molecule has 0 aromatic carbocycles. The molecule has 1 fully saturated rings. The van der Waals surface area contributed by atoms with Gasteiger partial charge in [-0.2, -0.15) is 16.1 Å². The van der Waals surface area contributed by atoms with Crippen molar-refractivity contribution in [2.24, 2.45) is 5.41 Å². The maximum Gasteiger partial charge on any atom is 0.481 e. The number of amides is 2. The van der Waals surface area contributed by atoms with Gasteiger partial charge in [-0.1, -0.05) is 27.2 Å². The molecule has 0 saturated carbocycles. The first kappa shape index (κ1) is 44.3. The van der Waals surface area contributed by atoms with Crippen LogP contribution in [0.5, 0.6) is 0 Å². The number of aromatic nitrogens is 4. The largest absolute Gasteiger partial charge is 0.481 e. The summed E-state index contributed by atoms with van der Waals surface area (Å²) >= 11 is 1.71. The van der Waals surface area contributed by atoms with Gasteiger partial charge in [0.25, 0.3) is 0 Å². The van der Waals surface area contributed by atoms with Crippen LogP contribution in [0.15, 0.2) is 12.7 Å². The third-order valence-corrected chi connectivity index (χ3v) is 11.5. The summed E-state index contributed by atoms with van der Waals surface area (Å²) in [6.45, 7) is 3.02. The first-order valence-corrected chi connectivity index (χ1v) is 21.3. The van der Waals surface area contributed by atoms with E-state index in [0.717, 1.165) is 41.6 Å². The number of unbranched alkanes of at least 4 members (excludes halogenated alkanes) is 1. The van der Waals surface area contributed by atoms with E-state index in [1.54, 1.807) is 11.8 Å². The average molecular weight is 824 g/mol. The summed E-state index contributed by atoms with van der Waals surface area (Å²) in [5.74, 6) is 0.467. The van der Waals surface area contributed by atoms with E-state index in [1.165, 1.54) is 13.8 Å². The van der Waals surface area contributed by atoms with E-state index < -0.39 is 78.6 Å². The molecule has 0 aliphatic carbocycles. The standard InChI is InChI=1S/C25H44N7O16P3S/c1-4-5-9-52-10-8-27-16(33)6-7-28-23(36)20(35)25(2,3)12-45-51(42,43)48-50(40,41)44-11-15-19(47-49(37,38)39)18(34)24(46-15)32-14-31-17-21(26)29-13-30-22(17)32/h13-15,18-20,24,34-35H,4-12H2,1-3H3,(H,27,33)(H,28,36)(H,40,41)(H,42,43)(H2,26,29,30)(H2,37,38,39)/t15-,18-,19-,20?,24-/m1/s1. The lowest BCUT2D eigenvalue weighted by atomic mass is 9.87. The fourth-order valence-corrected chi connectivity index (χ4v) is 8.32. The molecule has 2 aromatic rings. The summed E-state index contributed by atoms with van der Waals surface area (Å²) in [6.07, 6.45) is -4.52. The Morgan fingerprint density at radius 1 is 1.08 bits per heavy atom. The van der Waals surface area contributed by atoms with Crippen LogP contribution in [0.25, 0.3) is 11.2 Å². The van der Waals surface area contributed by atoms with E-state index in [9.17, 15) is 53.1 Å². The average Bonchev–Trinajstić information content (AvgIpc) is 3.60. The van der Waals surface area contributed by atoms with Crippen LogP contribution in [0.4, 0.5) is 5.82 Å². The summed E-state index contributed by atoms with van der Waals surface area (Å²) in [7, 11) is -16.3. The number of ether oxygens (including phenoxy) is 1. The number of fused-ring (bicyclic) bond motifs is 1. The van der Waals surface area contributed by atoms with Gasteiger partial charge in [0.2, 0.25) is 11.8 Å². The van der Waals surface area contributed by atoms with Crippen molar-refractivity contribution >= 4 is 64.0 Å². The number of nitrogens with one attached hydrogen (secondary N) is 2. The number of hydrogen-bond donors (Lipinski definition) is 9. The molecule has 27 heteroatoms. The molecule has 1 aliphatic rings. The minimum atomic E-state index is -5.54. The topological polar surface area (TPSA) is 347 Å². The normalized spacial score (nSPS) is 22.5. The molecule has 0 radical (unpaired) electrons. The Bertz CT molecular complexity index is 1660. The molecule has 2 amide bonds. The second-order valence-corrected chi connectivity index (χ2v) is 17.5. The van der Waals surface area contributed by atoms with Crippen LogP contribution in [0.1, 0.15) is 46.3 Å². The Labute approximate surface area is 301 Å². The van der Waals surface area contributed by atoms with Crippen molar-refractivity contribution in [2.45, 2.75) is 70.7 Å². The molecule has 3 unspecified atom stereocenters. The van der Waals surface area contributed by atoms with E-state index in [1.807, 2.05) is 0 Å². The van der Waals surface area contributed by atoms with Crippen molar-refractivity contribution in [2.75, 3.05) is 43.5 Å². The highest BCUT2D eigenvalue weighted by Gasteiger charge is 2.50. The number of nitrogen functional groups attached to an aromatic ring is 1. The maximum atomic E-state index is 12.6. The smallest absolute Gasteiger partial charge is 0.386 e. The Hall–Kier alpha value is -2.11. The predicted octanol–water partition coefficient (Wildman–Crippen LogP) is -0.0618. The van der Waals surface area contributed by atoms with Gasteiger partial charge < -0.3 is 50.9 Å². The number of aliphatic hydroxyl groups excluding tert-OH is 2. The van der Waals surface area contributed by atoms with Crippen molar-refractivity contribution in [1.29, 1.82) is 0 Å². The molecule has 0 bridgehead atoms. The summed E-state index contributed by atoms with van der Waals surface area (Å²) in [5.41, 5.74) is 4.32. The third kappa shape index (κ3) is 13.3. The molecule has 296 valence electrons. The molecule has 1 aliphatic heterocycles. The highest BCUT2D eigenvalue weighted by Crippen LogP contribution is 2.61. The molecule has 0 spiro atoms. The Balaban J connectivity index is 1.53. The molecular formula is C25H44N7O16P3S. The second kappa shape index (κ2) is 19.0. The zero-order chi connectivity index (χ0) is 38.9. The number of phosphoric ester groups is 3. The number of imidazole rings is 1. The minimum Gasteiger partial charge on any atom is -0.386 e. The minimum absolute atomic E-state index is 0.0338. The van der Waals surface area contributed by atoms with Gasteiger partial charge in [-0.25, -0.2) is 28.6 Å². The van der Waals surface area contributed by atoms with Crippen LogP contribution in [0.3, 0.4) is 0 Å². The fourth-order valence-electron chi connectivity index (χ4n) is 4.55. The number of nitrogens with zero attached hydrogens (tertiary/aromatic N) is 4. The van der Waals surface area contributed by atoms with Crippen molar-refractivity contribution in [3.05, 3.63) is 12.7 Å². The third-order valence-electron chi connectivity index (χ3n) is 7.29. The summed E-state index contributed by atoms with van der Waals surface area (Å²) in [4.78, 5) is 75.3. The highest BCUT2D eigenvalue weighted by atomic mass is 32.2. The van der Waals surface area contributed by atoms with E-state index in [-0.39, 0.29) is 35.9 Å². The lowest BCUT2D eigenvalue weighted by molar-refractivity contribution is -0.137. The number of rotatable bonds is 22. The predicted molar refractivity (Wildman–Crippen MR) is 182 cm³/mol. The van der Waals surface area contributed by atoms with Gasteiger partial charge in [-0.15, -0.1) is 0 Å².